The second-order valence-corrected chi connectivity index (χ2v) is 8.25. The Morgan fingerprint density at radius 1 is 1.00 bits per heavy atom. The van der Waals surface area contributed by atoms with Gasteiger partial charge >= 0.3 is 0 Å². The molecule has 0 saturated carbocycles. The summed E-state index contributed by atoms with van der Waals surface area (Å²) in [5.74, 6) is -1.29. The number of nitrogens with zero attached hydrogens (tertiary/aromatic N) is 2. The maximum atomic E-state index is 14.3. The van der Waals surface area contributed by atoms with E-state index >= 15 is 0 Å². The summed E-state index contributed by atoms with van der Waals surface area (Å²) in [4.78, 5) is 18.6. The minimum atomic E-state index is -0.542. The van der Waals surface area contributed by atoms with E-state index in [0.717, 1.165) is 32.5 Å². The molecule has 0 bridgehead atoms. The molecule has 1 aromatic heterocycles. The molecule has 0 aliphatic carbocycles. The van der Waals surface area contributed by atoms with E-state index in [1.165, 1.54) is 29.1 Å². The van der Waals surface area contributed by atoms with E-state index < -0.39 is 5.82 Å². The summed E-state index contributed by atoms with van der Waals surface area (Å²) < 4.78 is 27.7. The van der Waals surface area contributed by atoms with Crippen molar-refractivity contribution in [3.05, 3.63) is 88.1 Å². The third kappa shape index (κ3) is 4.54. The Labute approximate surface area is 173 Å². The highest BCUT2D eigenvalue weighted by molar-refractivity contribution is 7.09. The molecule has 2 aromatic carbocycles. The summed E-state index contributed by atoms with van der Waals surface area (Å²) in [5, 5.41) is 2.07. The largest absolute Gasteiger partial charge is 0.305 e. The van der Waals surface area contributed by atoms with Gasteiger partial charge in [-0.05, 0) is 60.7 Å². The standard InChI is InChI=1S/C23H22F2N2OS/c24-17-7-9-18(10-8-17)27(23(28)21-5-1-2-6-22(21)25)19-11-13-26(14-12-19)16-20-4-3-15-29-20/h1-10,15,19H,11-14,16H2. The van der Waals surface area contributed by atoms with Crippen molar-refractivity contribution in [2.75, 3.05) is 18.0 Å². The summed E-state index contributed by atoms with van der Waals surface area (Å²) in [5.41, 5.74) is 0.634. The molecule has 6 heteroatoms. The molecule has 0 atom stereocenters. The van der Waals surface area contributed by atoms with Gasteiger partial charge in [0.2, 0.25) is 0 Å². The van der Waals surface area contributed by atoms with E-state index in [1.807, 2.05) is 0 Å². The van der Waals surface area contributed by atoms with E-state index in [4.69, 9.17) is 0 Å². The zero-order chi connectivity index (χ0) is 20.2. The van der Waals surface area contributed by atoms with Crippen molar-refractivity contribution in [2.24, 2.45) is 0 Å². The van der Waals surface area contributed by atoms with Crippen molar-refractivity contribution >= 4 is 22.9 Å². The lowest BCUT2D eigenvalue weighted by molar-refractivity contribution is 0.0955. The van der Waals surface area contributed by atoms with Gasteiger partial charge in [0.15, 0.2) is 0 Å². The van der Waals surface area contributed by atoms with Crippen LogP contribution in [-0.4, -0.2) is 29.9 Å². The molecule has 0 spiro atoms. The molecule has 3 nitrogen and oxygen atoms in total. The van der Waals surface area contributed by atoms with Crippen LogP contribution < -0.4 is 4.90 Å². The Hall–Kier alpha value is -2.57. The van der Waals surface area contributed by atoms with Crippen LogP contribution in [0.1, 0.15) is 28.1 Å². The molecule has 29 heavy (non-hydrogen) atoms. The van der Waals surface area contributed by atoms with Crippen LogP contribution in [0.5, 0.6) is 0 Å². The van der Waals surface area contributed by atoms with Gasteiger partial charge in [0, 0.05) is 36.2 Å². The Morgan fingerprint density at radius 3 is 2.38 bits per heavy atom. The molecule has 150 valence electrons. The lowest BCUT2D eigenvalue weighted by atomic mass is 10.0. The fourth-order valence-electron chi connectivity index (χ4n) is 3.82. The predicted molar refractivity (Wildman–Crippen MR) is 112 cm³/mol. The number of amides is 1. The number of benzene rings is 2. The number of hydrogen-bond acceptors (Lipinski definition) is 3. The average molecular weight is 413 g/mol. The summed E-state index contributed by atoms with van der Waals surface area (Å²) in [6.45, 7) is 2.61. The minimum Gasteiger partial charge on any atom is -0.305 e. The summed E-state index contributed by atoms with van der Waals surface area (Å²) in [6.07, 6.45) is 1.56. The summed E-state index contributed by atoms with van der Waals surface area (Å²) >= 11 is 1.74. The van der Waals surface area contributed by atoms with Gasteiger partial charge in [-0.25, -0.2) is 8.78 Å². The van der Waals surface area contributed by atoms with Crippen LogP contribution >= 0.6 is 11.3 Å². The molecular weight excluding hydrogens is 390 g/mol. The number of rotatable bonds is 5. The predicted octanol–water partition coefficient (Wildman–Crippen LogP) is 5.34. The normalized spacial score (nSPS) is 15.4. The smallest absolute Gasteiger partial charge is 0.261 e. The van der Waals surface area contributed by atoms with Crippen LogP contribution in [0.4, 0.5) is 14.5 Å². The molecule has 0 N–H and O–H groups in total. The quantitative estimate of drug-likeness (QED) is 0.565. The minimum absolute atomic E-state index is 0.0397. The molecule has 2 heterocycles. The van der Waals surface area contributed by atoms with Gasteiger partial charge in [0.25, 0.3) is 5.91 Å². The highest BCUT2D eigenvalue weighted by Crippen LogP contribution is 2.28. The molecule has 3 aromatic rings. The molecule has 1 amide bonds. The maximum absolute atomic E-state index is 14.3. The molecule has 1 fully saturated rings. The Morgan fingerprint density at radius 2 is 1.72 bits per heavy atom. The van der Waals surface area contributed by atoms with Crippen molar-refractivity contribution in [3.8, 4) is 0 Å². The van der Waals surface area contributed by atoms with Crippen LogP contribution in [0.3, 0.4) is 0 Å². The number of halogens is 2. The van der Waals surface area contributed by atoms with E-state index in [9.17, 15) is 13.6 Å². The van der Waals surface area contributed by atoms with Crippen molar-refractivity contribution in [1.82, 2.24) is 4.90 Å². The van der Waals surface area contributed by atoms with Gasteiger partial charge in [-0.2, -0.15) is 0 Å². The highest BCUT2D eigenvalue weighted by Gasteiger charge is 2.31. The Bertz CT molecular complexity index is 951. The van der Waals surface area contributed by atoms with Gasteiger partial charge < -0.3 is 4.90 Å². The number of thiophene rings is 1. The fraction of sp³-hybridized carbons (Fsp3) is 0.261. The number of carbonyl (C=O) groups is 1. The zero-order valence-electron chi connectivity index (χ0n) is 15.9. The maximum Gasteiger partial charge on any atom is 0.261 e. The van der Waals surface area contributed by atoms with E-state index in [-0.39, 0.29) is 23.3 Å². The van der Waals surface area contributed by atoms with Crippen molar-refractivity contribution in [3.63, 3.8) is 0 Å². The second-order valence-electron chi connectivity index (χ2n) is 7.22. The molecule has 1 aliphatic heterocycles. The van der Waals surface area contributed by atoms with Crippen LogP contribution in [0.2, 0.25) is 0 Å². The Kier molecular flexibility index (Phi) is 6.02. The number of hydrogen-bond donors (Lipinski definition) is 0. The SMILES string of the molecule is O=C(c1ccccc1F)N(c1ccc(F)cc1)C1CCN(Cc2cccs2)CC1. The van der Waals surface area contributed by atoms with Crippen molar-refractivity contribution < 1.29 is 13.6 Å². The highest BCUT2D eigenvalue weighted by atomic mass is 32.1. The third-order valence-electron chi connectivity index (χ3n) is 5.31. The number of likely N-dealkylation sites (tertiary alicyclic amines) is 1. The van der Waals surface area contributed by atoms with Gasteiger partial charge in [-0.1, -0.05) is 18.2 Å². The molecule has 0 unspecified atom stereocenters. The molecule has 4 rings (SSSR count). The topological polar surface area (TPSA) is 23.6 Å². The lowest BCUT2D eigenvalue weighted by Gasteiger charge is -2.38. The van der Waals surface area contributed by atoms with Gasteiger partial charge in [-0.3, -0.25) is 9.69 Å². The molecule has 0 radical (unpaired) electrons. The van der Waals surface area contributed by atoms with Gasteiger partial charge in [0.05, 0.1) is 5.56 Å². The first kappa shape index (κ1) is 19.7. The first-order valence-corrected chi connectivity index (χ1v) is 10.6. The van der Waals surface area contributed by atoms with Crippen LogP contribution in [-0.2, 0) is 6.54 Å². The number of piperidine rings is 1. The average Bonchev–Trinajstić information content (AvgIpc) is 3.24. The first-order valence-electron chi connectivity index (χ1n) is 9.70. The van der Waals surface area contributed by atoms with Crippen LogP contribution in [0, 0.1) is 11.6 Å². The van der Waals surface area contributed by atoms with E-state index in [2.05, 4.69) is 22.4 Å². The van der Waals surface area contributed by atoms with Crippen LogP contribution in [0.25, 0.3) is 0 Å². The van der Waals surface area contributed by atoms with Gasteiger partial charge in [0.1, 0.15) is 11.6 Å². The third-order valence-corrected chi connectivity index (χ3v) is 6.17. The molecule has 1 saturated heterocycles. The first-order chi connectivity index (χ1) is 14.1. The summed E-state index contributed by atoms with van der Waals surface area (Å²) in [6, 6.07) is 16.0. The Balaban J connectivity index is 1.55. The number of anilines is 1. The molecule has 1 aliphatic rings. The lowest BCUT2D eigenvalue weighted by Crippen LogP contribution is -2.47. The zero-order valence-corrected chi connectivity index (χ0v) is 16.7. The van der Waals surface area contributed by atoms with Crippen molar-refractivity contribution in [2.45, 2.75) is 25.4 Å². The van der Waals surface area contributed by atoms with Gasteiger partial charge in [-0.15, -0.1) is 11.3 Å². The van der Waals surface area contributed by atoms with Crippen molar-refractivity contribution in [1.29, 1.82) is 0 Å². The van der Waals surface area contributed by atoms with Crippen LogP contribution in [0.15, 0.2) is 66.0 Å². The van der Waals surface area contributed by atoms with E-state index in [1.54, 1.807) is 40.5 Å². The number of carbonyl (C=O) groups excluding carboxylic acids is 1. The van der Waals surface area contributed by atoms with E-state index in [0.29, 0.717) is 5.69 Å². The second kappa shape index (κ2) is 8.84. The fourth-order valence-corrected chi connectivity index (χ4v) is 4.56. The monoisotopic (exact) mass is 412 g/mol. The summed E-state index contributed by atoms with van der Waals surface area (Å²) in [7, 11) is 0. The molecular formula is C23H22F2N2OS.